The third kappa shape index (κ3) is 5.99. The largest absolute Gasteiger partial charge is 0.444 e. The van der Waals surface area contributed by atoms with E-state index in [4.69, 9.17) is 4.74 Å². The number of hydrogen-bond donors (Lipinski definition) is 2. The molecule has 0 radical (unpaired) electrons. The second kappa shape index (κ2) is 6.70. The van der Waals surface area contributed by atoms with Gasteiger partial charge in [-0.3, -0.25) is 9.59 Å². The van der Waals surface area contributed by atoms with Crippen LogP contribution >= 0.6 is 0 Å². The van der Waals surface area contributed by atoms with Crippen LogP contribution in [0.1, 0.15) is 31.1 Å². The Morgan fingerprint density at radius 1 is 1.20 bits per heavy atom. The van der Waals surface area contributed by atoms with Crippen LogP contribution in [0.25, 0.3) is 0 Å². The number of carbonyl (C=O) groups excluding carboxylic acids is 3. The highest BCUT2D eigenvalue weighted by Gasteiger charge is 2.16. The third-order valence-electron chi connectivity index (χ3n) is 2.12. The van der Waals surface area contributed by atoms with Crippen LogP contribution in [-0.2, 0) is 9.53 Å². The minimum Gasteiger partial charge on any atom is -0.444 e. The van der Waals surface area contributed by atoms with Gasteiger partial charge in [0.25, 0.3) is 0 Å². The molecule has 0 saturated heterocycles. The van der Waals surface area contributed by atoms with Gasteiger partial charge >= 0.3 is 6.09 Å². The van der Waals surface area contributed by atoms with E-state index in [1.165, 1.54) is 0 Å². The van der Waals surface area contributed by atoms with E-state index in [2.05, 4.69) is 10.6 Å². The molecule has 108 valence electrons. The van der Waals surface area contributed by atoms with Gasteiger partial charge in [0.15, 0.2) is 0 Å². The number of nitrogens with one attached hydrogen (secondary N) is 2. The molecule has 2 amide bonds. The first-order valence-electron chi connectivity index (χ1n) is 6.12. The van der Waals surface area contributed by atoms with Crippen molar-refractivity contribution < 1.29 is 19.1 Å². The fourth-order valence-corrected chi connectivity index (χ4v) is 1.32. The molecule has 0 saturated carbocycles. The van der Waals surface area contributed by atoms with Crippen molar-refractivity contribution in [2.45, 2.75) is 26.4 Å². The fraction of sp³-hybridized carbons (Fsp3) is 0.357. The van der Waals surface area contributed by atoms with Crippen LogP contribution in [-0.4, -0.2) is 30.4 Å². The van der Waals surface area contributed by atoms with E-state index in [-0.39, 0.29) is 12.5 Å². The van der Waals surface area contributed by atoms with Crippen molar-refractivity contribution >= 4 is 24.0 Å². The number of rotatable bonds is 4. The summed E-state index contributed by atoms with van der Waals surface area (Å²) in [5.74, 6) is -0.380. The van der Waals surface area contributed by atoms with Gasteiger partial charge in [0.1, 0.15) is 18.4 Å². The van der Waals surface area contributed by atoms with Crippen molar-refractivity contribution in [1.29, 1.82) is 0 Å². The molecule has 0 heterocycles. The minimum atomic E-state index is -0.649. The predicted molar refractivity (Wildman–Crippen MR) is 74.7 cm³/mol. The fourth-order valence-electron chi connectivity index (χ4n) is 1.32. The summed E-state index contributed by atoms with van der Waals surface area (Å²) in [6.07, 6.45) is 0.0688. The highest BCUT2D eigenvalue weighted by atomic mass is 16.6. The number of amides is 2. The Bertz CT molecular complexity index is 489. The molecule has 20 heavy (non-hydrogen) atoms. The molecule has 6 heteroatoms. The first kappa shape index (κ1) is 15.7. The smallest absolute Gasteiger partial charge is 0.408 e. The molecule has 6 nitrogen and oxygen atoms in total. The Hall–Kier alpha value is -2.37. The third-order valence-corrected chi connectivity index (χ3v) is 2.12. The SMILES string of the molecule is CC(C)(C)OC(=O)NCC(=O)Nc1ccc(C=O)cc1. The number of carbonyl (C=O) groups is 3. The molecule has 1 aromatic rings. The average molecular weight is 278 g/mol. The van der Waals surface area contributed by atoms with Crippen molar-refractivity contribution in [1.82, 2.24) is 5.32 Å². The van der Waals surface area contributed by atoms with Crippen LogP contribution < -0.4 is 10.6 Å². The molecule has 0 aromatic heterocycles. The summed E-state index contributed by atoms with van der Waals surface area (Å²) in [6, 6.07) is 6.39. The monoisotopic (exact) mass is 278 g/mol. The summed E-state index contributed by atoms with van der Waals surface area (Å²) < 4.78 is 5.00. The lowest BCUT2D eigenvalue weighted by Gasteiger charge is -2.19. The molecule has 0 fully saturated rings. The van der Waals surface area contributed by atoms with Gasteiger partial charge in [-0.15, -0.1) is 0 Å². The van der Waals surface area contributed by atoms with Gasteiger partial charge in [-0.1, -0.05) is 0 Å². The van der Waals surface area contributed by atoms with Gasteiger partial charge < -0.3 is 15.4 Å². The maximum Gasteiger partial charge on any atom is 0.408 e. The first-order valence-corrected chi connectivity index (χ1v) is 6.12. The molecule has 1 aromatic carbocycles. The lowest BCUT2D eigenvalue weighted by Crippen LogP contribution is -2.37. The van der Waals surface area contributed by atoms with Crippen LogP contribution in [0.2, 0.25) is 0 Å². The zero-order chi connectivity index (χ0) is 15.2. The number of benzene rings is 1. The molecule has 0 unspecified atom stereocenters. The lowest BCUT2D eigenvalue weighted by molar-refractivity contribution is -0.115. The normalized spacial score (nSPS) is 10.6. The summed E-state index contributed by atoms with van der Waals surface area (Å²) in [7, 11) is 0. The Morgan fingerprint density at radius 3 is 2.30 bits per heavy atom. The van der Waals surface area contributed by atoms with Gasteiger partial charge in [0, 0.05) is 11.3 Å². The van der Waals surface area contributed by atoms with Crippen molar-refractivity contribution in [3.63, 3.8) is 0 Å². The highest BCUT2D eigenvalue weighted by molar-refractivity contribution is 5.94. The molecule has 0 aliphatic carbocycles. The Labute approximate surface area is 117 Å². The molecule has 1 rings (SSSR count). The number of ether oxygens (including phenoxy) is 1. The quantitative estimate of drug-likeness (QED) is 0.824. The molecule has 0 bridgehead atoms. The zero-order valence-corrected chi connectivity index (χ0v) is 11.7. The molecule has 0 aliphatic heterocycles. The van der Waals surface area contributed by atoms with E-state index >= 15 is 0 Å². The lowest BCUT2D eigenvalue weighted by atomic mass is 10.2. The summed E-state index contributed by atoms with van der Waals surface area (Å²) in [6.45, 7) is 5.02. The maximum absolute atomic E-state index is 11.6. The summed E-state index contributed by atoms with van der Waals surface area (Å²) in [5.41, 5.74) is 0.465. The minimum absolute atomic E-state index is 0.190. The topological polar surface area (TPSA) is 84.5 Å². The number of aldehydes is 1. The van der Waals surface area contributed by atoms with Crippen LogP contribution in [0.3, 0.4) is 0 Å². The second-order valence-electron chi connectivity index (χ2n) is 5.14. The van der Waals surface area contributed by atoms with Crippen molar-refractivity contribution in [2.75, 3.05) is 11.9 Å². The van der Waals surface area contributed by atoms with Crippen LogP contribution in [0.4, 0.5) is 10.5 Å². The van der Waals surface area contributed by atoms with Crippen molar-refractivity contribution in [3.05, 3.63) is 29.8 Å². The van der Waals surface area contributed by atoms with Gasteiger partial charge in [-0.2, -0.15) is 0 Å². The second-order valence-corrected chi connectivity index (χ2v) is 5.14. The summed E-state index contributed by atoms with van der Waals surface area (Å²) >= 11 is 0. The van der Waals surface area contributed by atoms with E-state index in [9.17, 15) is 14.4 Å². The van der Waals surface area contributed by atoms with E-state index < -0.39 is 11.7 Å². The summed E-state index contributed by atoms with van der Waals surface area (Å²) in [5, 5.41) is 4.94. The predicted octanol–water partition coefficient (Wildman–Crippen LogP) is 1.96. The van der Waals surface area contributed by atoms with E-state index in [0.717, 1.165) is 6.29 Å². The van der Waals surface area contributed by atoms with Crippen molar-refractivity contribution in [2.24, 2.45) is 0 Å². The Kier molecular flexibility index (Phi) is 5.25. The first-order chi connectivity index (χ1) is 9.30. The number of anilines is 1. The van der Waals surface area contributed by atoms with Gasteiger partial charge in [-0.05, 0) is 45.0 Å². The molecule has 2 N–H and O–H groups in total. The molecular weight excluding hydrogens is 260 g/mol. The van der Waals surface area contributed by atoms with Crippen LogP contribution in [0.15, 0.2) is 24.3 Å². The highest BCUT2D eigenvalue weighted by Crippen LogP contribution is 2.08. The molecule has 0 aliphatic rings. The van der Waals surface area contributed by atoms with Crippen LogP contribution in [0, 0.1) is 0 Å². The zero-order valence-electron chi connectivity index (χ0n) is 11.7. The maximum atomic E-state index is 11.6. The van der Waals surface area contributed by atoms with Gasteiger partial charge in [0.2, 0.25) is 5.91 Å². The van der Waals surface area contributed by atoms with E-state index in [0.29, 0.717) is 11.3 Å². The standard InChI is InChI=1S/C14H18N2O4/c1-14(2,3)20-13(19)15-8-12(18)16-11-6-4-10(9-17)5-7-11/h4-7,9H,8H2,1-3H3,(H,15,19)(H,16,18). The molecule has 0 spiro atoms. The van der Waals surface area contributed by atoms with Crippen LogP contribution in [0.5, 0.6) is 0 Å². The van der Waals surface area contributed by atoms with E-state index in [1.807, 2.05) is 0 Å². The van der Waals surface area contributed by atoms with Gasteiger partial charge in [0.05, 0.1) is 0 Å². The Morgan fingerprint density at radius 2 is 1.80 bits per heavy atom. The number of alkyl carbamates (subject to hydrolysis) is 1. The Balaban J connectivity index is 2.39. The summed E-state index contributed by atoms with van der Waals surface area (Å²) in [4.78, 5) is 33.4. The van der Waals surface area contributed by atoms with Gasteiger partial charge in [-0.25, -0.2) is 4.79 Å². The van der Waals surface area contributed by atoms with E-state index in [1.54, 1.807) is 45.0 Å². The molecule has 0 atom stereocenters. The van der Waals surface area contributed by atoms with Crippen molar-refractivity contribution in [3.8, 4) is 0 Å². The molecular formula is C14H18N2O4. The number of hydrogen-bond acceptors (Lipinski definition) is 4. The average Bonchev–Trinajstić information content (AvgIpc) is 2.35.